The second kappa shape index (κ2) is 8.96. The van der Waals surface area contributed by atoms with E-state index in [1.165, 1.54) is 30.9 Å². The number of thiazole rings is 1. The number of fused-ring (bicyclic) bond motifs is 1. The summed E-state index contributed by atoms with van der Waals surface area (Å²) in [5, 5.41) is 34.1. The lowest BCUT2D eigenvalue weighted by atomic mass is 9.89. The molecule has 0 spiro atoms. The number of aliphatic hydroxyl groups is 2. The third-order valence-electron chi connectivity index (χ3n) is 5.68. The van der Waals surface area contributed by atoms with Crippen molar-refractivity contribution < 1.29 is 38.7 Å². The topological polar surface area (TPSA) is 161 Å². The van der Waals surface area contributed by atoms with Crippen molar-refractivity contribution in [3.05, 3.63) is 44.7 Å². The number of hydrogen-bond acceptors (Lipinski definition) is 11. The largest absolute Gasteiger partial charge is 0.505 e. The first-order valence-corrected chi connectivity index (χ1v) is 11.2. The van der Waals surface area contributed by atoms with Gasteiger partial charge in [-0.2, -0.15) is 0 Å². The molecule has 4 N–H and O–H groups in total. The smallest absolute Gasteiger partial charge is 0.364 e. The predicted octanol–water partition coefficient (Wildman–Crippen LogP) is 1.77. The number of ether oxygens (including phenoxy) is 3. The lowest BCUT2D eigenvalue weighted by Crippen LogP contribution is -2.63. The van der Waals surface area contributed by atoms with Crippen molar-refractivity contribution >= 4 is 33.9 Å². The Morgan fingerprint density at radius 1 is 1.26 bits per heavy atom. The minimum absolute atomic E-state index is 0.0238. The summed E-state index contributed by atoms with van der Waals surface area (Å²) in [4.78, 5) is 28.9. The molecule has 1 aromatic carbocycles. The van der Waals surface area contributed by atoms with Crippen LogP contribution < -0.4 is 15.7 Å². The maximum absolute atomic E-state index is 12.6. The van der Waals surface area contributed by atoms with Gasteiger partial charge in [0, 0.05) is 12.7 Å². The average molecular weight is 493 g/mol. The second-order valence-corrected chi connectivity index (χ2v) is 9.23. The van der Waals surface area contributed by atoms with E-state index >= 15 is 0 Å². The van der Waals surface area contributed by atoms with Crippen LogP contribution in [0.15, 0.2) is 33.1 Å². The van der Waals surface area contributed by atoms with Crippen LogP contribution in [0.1, 0.15) is 29.1 Å². The maximum Gasteiger partial charge on any atom is 0.364 e. The van der Waals surface area contributed by atoms with Crippen LogP contribution in [0, 0.1) is 6.92 Å². The highest BCUT2D eigenvalue weighted by atomic mass is 32.1. The number of carbonyl (C=O) groups excluding carboxylic acids is 1. The molecule has 0 unspecified atom stereocenters. The third-order valence-corrected chi connectivity index (χ3v) is 6.45. The fourth-order valence-corrected chi connectivity index (χ4v) is 4.45. The van der Waals surface area contributed by atoms with Crippen molar-refractivity contribution in [1.29, 1.82) is 0 Å². The van der Waals surface area contributed by atoms with E-state index in [-0.39, 0.29) is 21.6 Å². The molecule has 4 atom stereocenters. The molecule has 182 valence electrons. The van der Waals surface area contributed by atoms with Crippen molar-refractivity contribution in [2.45, 2.75) is 51.0 Å². The van der Waals surface area contributed by atoms with Crippen LogP contribution in [0.25, 0.3) is 11.0 Å². The fourth-order valence-electron chi connectivity index (χ4n) is 3.94. The van der Waals surface area contributed by atoms with Crippen molar-refractivity contribution in [1.82, 2.24) is 4.98 Å². The Hall–Kier alpha value is -3.03. The van der Waals surface area contributed by atoms with Gasteiger partial charge >= 0.3 is 5.63 Å². The average Bonchev–Trinajstić information content (AvgIpc) is 3.32. The molecule has 3 aromatic rings. The molecule has 1 aliphatic rings. The summed E-state index contributed by atoms with van der Waals surface area (Å²) in [7, 11) is 1.41. The number of rotatable bonds is 5. The van der Waals surface area contributed by atoms with Gasteiger partial charge in [-0.1, -0.05) is 0 Å². The molecule has 0 aliphatic carbocycles. The Balaban J connectivity index is 1.66. The van der Waals surface area contributed by atoms with Gasteiger partial charge < -0.3 is 39.3 Å². The first-order chi connectivity index (χ1) is 16.0. The molecule has 2 aromatic heterocycles. The van der Waals surface area contributed by atoms with E-state index in [9.17, 15) is 24.9 Å². The van der Waals surface area contributed by atoms with Crippen LogP contribution in [-0.2, 0) is 9.47 Å². The maximum atomic E-state index is 12.6. The number of amides is 1. The van der Waals surface area contributed by atoms with Gasteiger partial charge in [-0.3, -0.25) is 9.78 Å². The number of nitrogens with zero attached hydrogens (tertiary/aromatic N) is 1. The molecule has 0 bridgehead atoms. The monoisotopic (exact) mass is 492 g/mol. The van der Waals surface area contributed by atoms with Gasteiger partial charge in [-0.25, -0.2) is 4.79 Å². The zero-order valence-electron chi connectivity index (χ0n) is 18.8. The molecule has 4 rings (SSSR count). The molecule has 11 nitrogen and oxygen atoms in total. The Morgan fingerprint density at radius 2 is 2.00 bits per heavy atom. The van der Waals surface area contributed by atoms with Gasteiger partial charge in [0.05, 0.1) is 22.7 Å². The molecule has 1 amide bonds. The molecule has 1 saturated heterocycles. The Bertz CT molecular complexity index is 1270. The van der Waals surface area contributed by atoms with E-state index in [1.54, 1.807) is 20.8 Å². The van der Waals surface area contributed by atoms with E-state index in [2.05, 4.69) is 10.3 Å². The summed E-state index contributed by atoms with van der Waals surface area (Å²) >= 11 is 1.08. The van der Waals surface area contributed by atoms with E-state index in [1.807, 2.05) is 0 Å². The van der Waals surface area contributed by atoms with E-state index in [4.69, 9.17) is 18.6 Å². The van der Waals surface area contributed by atoms with E-state index in [0.29, 0.717) is 5.56 Å². The number of aliphatic hydroxyl groups excluding tert-OH is 2. The third kappa shape index (κ3) is 4.14. The van der Waals surface area contributed by atoms with E-state index in [0.717, 1.165) is 11.3 Å². The molecule has 0 radical (unpaired) electrons. The Labute approximate surface area is 197 Å². The Morgan fingerprint density at radius 3 is 2.65 bits per heavy atom. The van der Waals surface area contributed by atoms with Crippen molar-refractivity contribution in [2.75, 3.05) is 12.4 Å². The minimum Gasteiger partial charge on any atom is -0.505 e. The molecule has 0 saturated carbocycles. The quantitative estimate of drug-likeness (QED) is 0.386. The molecular formula is C22H24N2O9S. The summed E-state index contributed by atoms with van der Waals surface area (Å²) in [6, 6.07) is 2.93. The Kier molecular flexibility index (Phi) is 6.36. The minimum atomic E-state index is -1.42. The number of aryl methyl sites for hydroxylation is 1. The highest BCUT2D eigenvalue weighted by Gasteiger charge is 2.50. The summed E-state index contributed by atoms with van der Waals surface area (Å²) in [5.74, 6) is -0.883. The lowest BCUT2D eigenvalue weighted by molar-refractivity contribution is -0.306. The standard InChI is InChI=1S/C22H24N2O9S/c1-9-11(31-21-16(27)15(26)18(30-4)22(2,3)33-21)6-5-10-14(25)13(20(29)32-17(9)10)24-19(28)12-7-23-8-34-12/h5-8,15-16,18,21,25-27H,1-4H3,(H,24,28)/t15-,16+,18+,21+/m0/s1. The summed E-state index contributed by atoms with van der Waals surface area (Å²) < 4.78 is 22.3. The van der Waals surface area contributed by atoms with Crippen molar-refractivity contribution in [3.63, 3.8) is 0 Å². The lowest BCUT2D eigenvalue weighted by Gasteiger charge is -2.46. The zero-order valence-corrected chi connectivity index (χ0v) is 19.6. The number of methoxy groups -OCH3 is 1. The summed E-state index contributed by atoms with van der Waals surface area (Å²) in [5.41, 5.74) is -0.515. The SMILES string of the molecule is CO[C@@H]1[C@@H](O)[C@@H](O)[C@H](Oc2ccc3c(O)c(NC(=O)c4cncs4)c(=O)oc3c2C)OC1(C)C. The first-order valence-electron chi connectivity index (χ1n) is 10.3. The number of hydrogen-bond donors (Lipinski definition) is 4. The molecule has 1 aliphatic heterocycles. The zero-order chi connectivity index (χ0) is 24.8. The van der Waals surface area contributed by atoms with E-state index < -0.39 is 53.2 Å². The van der Waals surface area contributed by atoms with Crippen LogP contribution >= 0.6 is 11.3 Å². The van der Waals surface area contributed by atoms with Crippen LogP contribution in [0.5, 0.6) is 11.5 Å². The van der Waals surface area contributed by atoms with Crippen molar-refractivity contribution in [3.8, 4) is 11.5 Å². The fraction of sp³-hybridized carbons (Fsp3) is 0.409. The number of aromatic nitrogens is 1. The predicted molar refractivity (Wildman–Crippen MR) is 121 cm³/mol. The van der Waals surface area contributed by atoms with Crippen LogP contribution in [0.4, 0.5) is 5.69 Å². The van der Waals surface area contributed by atoms with Crippen LogP contribution in [0.2, 0.25) is 0 Å². The first kappa shape index (κ1) is 24.1. The van der Waals surface area contributed by atoms with Gasteiger partial charge in [0.1, 0.15) is 34.5 Å². The van der Waals surface area contributed by atoms with Crippen molar-refractivity contribution in [2.24, 2.45) is 0 Å². The molecule has 3 heterocycles. The van der Waals surface area contributed by atoms with Gasteiger partial charge in [0.15, 0.2) is 11.4 Å². The number of anilines is 1. The summed E-state index contributed by atoms with van der Waals surface area (Å²) in [6.45, 7) is 4.97. The highest BCUT2D eigenvalue weighted by molar-refractivity contribution is 7.11. The van der Waals surface area contributed by atoms with Crippen LogP contribution in [-0.4, -0.2) is 63.5 Å². The normalized spacial score (nSPS) is 24.2. The highest BCUT2D eigenvalue weighted by Crippen LogP contribution is 2.38. The molecule has 34 heavy (non-hydrogen) atoms. The number of aromatic hydroxyl groups is 1. The number of nitrogens with one attached hydrogen (secondary N) is 1. The second-order valence-electron chi connectivity index (χ2n) is 8.34. The van der Waals surface area contributed by atoms with Gasteiger partial charge in [0.2, 0.25) is 6.29 Å². The number of carbonyl (C=O) groups is 1. The molecule has 12 heteroatoms. The van der Waals surface area contributed by atoms with Gasteiger partial charge in [-0.05, 0) is 32.9 Å². The van der Waals surface area contributed by atoms with Crippen LogP contribution in [0.3, 0.4) is 0 Å². The number of benzene rings is 1. The summed E-state index contributed by atoms with van der Waals surface area (Å²) in [6.07, 6.45) is -3.38. The molecule has 1 fully saturated rings. The van der Waals surface area contributed by atoms with Gasteiger partial charge in [-0.15, -0.1) is 11.3 Å². The van der Waals surface area contributed by atoms with Gasteiger partial charge in [0.25, 0.3) is 5.91 Å². The molecular weight excluding hydrogens is 468 g/mol.